The first kappa shape index (κ1) is 8.82. The fourth-order valence-corrected chi connectivity index (χ4v) is 2.57. The molecule has 0 aromatic heterocycles. The highest BCUT2D eigenvalue weighted by Crippen LogP contribution is 2.39. The number of fused-ring (bicyclic) bond motifs is 6. The lowest BCUT2D eigenvalue weighted by molar-refractivity contribution is 0.808. The minimum absolute atomic E-state index is 0.751. The molecule has 0 atom stereocenters. The van der Waals surface area contributed by atoms with Gasteiger partial charge in [0.2, 0.25) is 0 Å². The standard InChI is InChI=1S/C14H11N3/c1-2-7-12-10(5-1)11-6-3-4-8-13(11)17-9-15-16-14(12)17/h1-8,15H,9H2. The Morgan fingerprint density at radius 3 is 2.47 bits per heavy atom. The molecular formula is C14H11N3. The summed E-state index contributed by atoms with van der Waals surface area (Å²) in [5.41, 5.74) is 8.04. The van der Waals surface area contributed by atoms with Crippen LogP contribution in [0.1, 0.15) is 5.56 Å². The first-order valence-electron chi connectivity index (χ1n) is 5.72. The van der Waals surface area contributed by atoms with Crippen molar-refractivity contribution in [3.05, 3.63) is 54.1 Å². The monoisotopic (exact) mass is 221 g/mol. The minimum Gasteiger partial charge on any atom is -0.304 e. The molecule has 0 fully saturated rings. The van der Waals surface area contributed by atoms with E-state index in [0.29, 0.717) is 0 Å². The molecule has 2 aliphatic rings. The van der Waals surface area contributed by atoms with Crippen LogP contribution in [0.25, 0.3) is 11.1 Å². The molecule has 1 N–H and O–H groups in total. The summed E-state index contributed by atoms with van der Waals surface area (Å²) in [5, 5.41) is 4.39. The van der Waals surface area contributed by atoms with Crippen LogP contribution in [0.3, 0.4) is 0 Å². The fourth-order valence-electron chi connectivity index (χ4n) is 2.57. The van der Waals surface area contributed by atoms with Gasteiger partial charge in [-0.25, -0.2) is 0 Å². The number of hydrazone groups is 1. The van der Waals surface area contributed by atoms with Crippen molar-refractivity contribution in [2.24, 2.45) is 5.10 Å². The SMILES string of the molecule is c1ccc2c(c1)C1=NNCN1c1ccccc1-2. The number of hydrogen-bond acceptors (Lipinski definition) is 3. The lowest BCUT2D eigenvalue weighted by Crippen LogP contribution is -2.33. The Morgan fingerprint density at radius 1 is 0.882 bits per heavy atom. The Hall–Kier alpha value is -2.29. The van der Waals surface area contributed by atoms with Crippen molar-refractivity contribution >= 4 is 11.5 Å². The average Bonchev–Trinajstić information content (AvgIpc) is 2.89. The van der Waals surface area contributed by atoms with Crippen LogP contribution < -0.4 is 10.3 Å². The minimum atomic E-state index is 0.751. The van der Waals surface area contributed by atoms with Crippen LogP contribution in [0.2, 0.25) is 0 Å². The number of nitrogens with one attached hydrogen (secondary N) is 1. The van der Waals surface area contributed by atoms with E-state index in [1.165, 1.54) is 22.4 Å². The topological polar surface area (TPSA) is 27.6 Å². The van der Waals surface area contributed by atoms with E-state index in [1.54, 1.807) is 0 Å². The molecule has 3 nitrogen and oxygen atoms in total. The molecule has 2 aromatic carbocycles. The van der Waals surface area contributed by atoms with Gasteiger partial charge < -0.3 is 4.90 Å². The highest BCUT2D eigenvalue weighted by atomic mass is 15.5. The number of benzene rings is 2. The van der Waals surface area contributed by atoms with Crippen LogP contribution >= 0.6 is 0 Å². The summed E-state index contributed by atoms with van der Waals surface area (Å²) >= 11 is 0. The molecule has 17 heavy (non-hydrogen) atoms. The predicted molar refractivity (Wildman–Crippen MR) is 68.9 cm³/mol. The van der Waals surface area contributed by atoms with E-state index in [2.05, 4.69) is 64.0 Å². The first-order valence-corrected chi connectivity index (χ1v) is 5.72. The summed E-state index contributed by atoms with van der Waals surface area (Å²) in [7, 11) is 0. The molecule has 2 aromatic rings. The highest BCUT2D eigenvalue weighted by molar-refractivity contribution is 6.19. The van der Waals surface area contributed by atoms with Crippen molar-refractivity contribution in [3.8, 4) is 11.1 Å². The van der Waals surface area contributed by atoms with Crippen molar-refractivity contribution in [2.45, 2.75) is 0 Å². The van der Waals surface area contributed by atoms with Crippen LogP contribution in [0, 0.1) is 0 Å². The molecule has 0 unspecified atom stereocenters. The molecule has 0 saturated carbocycles. The second-order valence-corrected chi connectivity index (χ2v) is 4.24. The van der Waals surface area contributed by atoms with Crippen LogP contribution in [-0.2, 0) is 0 Å². The van der Waals surface area contributed by atoms with Crippen LogP contribution in [0.4, 0.5) is 5.69 Å². The van der Waals surface area contributed by atoms with E-state index in [1.807, 2.05) is 0 Å². The van der Waals surface area contributed by atoms with Crippen molar-refractivity contribution < 1.29 is 0 Å². The smallest absolute Gasteiger partial charge is 0.162 e. The van der Waals surface area contributed by atoms with E-state index < -0.39 is 0 Å². The fraction of sp³-hybridized carbons (Fsp3) is 0.0714. The maximum Gasteiger partial charge on any atom is 0.162 e. The lowest BCUT2D eigenvalue weighted by atomic mass is 9.93. The Labute approximate surface area is 99.4 Å². The second kappa shape index (κ2) is 3.10. The molecule has 2 heterocycles. The van der Waals surface area contributed by atoms with Crippen LogP contribution in [0.15, 0.2) is 53.6 Å². The molecule has 2 aliphatic heterocycles. The molecule has 82 valence electrons. The Morgan fingerprint density at radius 2 is 1.59 bits per heavy atom. The lowest BCUT2D eigenvalue weighted by Gasteiger charge is -2.28. The second-order valence-electron chi connectivity index (χ2n) is 4.24. The average molecular weight is 221 g/mol. The molecule has 3 heteroatoms. The van der Waals surface area contributed by atoms with Gasteiger partial charge in [0.15, 0.2) is 5.84 Å². The maximum atomic E-state index is 4.39. The van der Waals surface area contributed by atoms with E-state index in [9.17, 15) is 0 Å². The number of amidine groups is 1. The number of nitrogens with zero attached hydrogens (tertiary/aromatic N) is 2. The van der Waals surface area contributed by atoms with Gasteiger partial charge in [0.25, 0.3) is 0 Å². The van der Waals surface area contributed by atoms with E-state index in [-0.39, 0.29) is 0 Å². The van der Waals surface area contributed by atoms with Crippen molar-refractivity contribution in [2.75, 3.05) is 11.6 Å². The zero-order chi connectivity index (χ0) is 11.2. The molecular weight excluding hydrogens is 210 g/mol. The molecule has 4 rings (SSSR count). The van der Waals surface area contributed by atoms with Gasteiger partial charge in [-0.1, -0.05) is 42.5 Å². The summed E-state index contributed by atoms with van der Waals surface area (Å²) < 4.78 is 0. The van der Waals surface area contributed by atoms with E-state index >= 15 is 0 Å². The van der Waals surface area contributed by atoms with Crippen molar-refractivity contribution in [3.63, 3.8) is 0 Å². The van der Waals surface area contributed by atoms with E-state index in [4.69, 9.17) is 0 Å². The molecule has 0 saturated heterocycles. The van der Waals surface area contributed by atoms with Gasteiger partial charge in [-0.3, -0.25) is 5.43 Å². The zero-order valence-corrected chi connectivity index (χ0v) is 9.22. The summed E-state index contributed by atoms with van der Waals surface area (Å²) in [6.07, 6.45) is 0. The highest BCUT2D eigenvalue weighted by Gasteiger charge is 2.29. The van der Waals surface area contributed by atoms with Gasteiger partial charge >= 0.3 is 0 Å². The van der Waals surface area contributed by atoms with Gasteiger partial charge in [0.1, 0.15) is 6.67 Å². The van der Waals surface area contributed by atoms with Crippen LogP contribution in [0.5, 0.6) is 0 Å². The van der Waals surface area contributed by atoms with Crippen molar-refractivity contribution in [1.29, 1.82) is 0 Å². The molecule has 0 aliphatic carbocycles. The van der Waals surface area contributed by atoms with Gasteiger partial charge in [-0.2, -0.15) is 5.10 Å². The number of hydrogen-bond donors (Lipinski definition) is 1. The molecule has 0 amide bonds. The van der Waals surface area contributed by atoms with Crippen LogP contribution in [-0.4, -0.2) is 12.5 Å². The summed E-state index contributed by atoms with van der Waals surface area (Å²) in [6.45, 7) is 0.751. The van der Waals surface area contributed by atoms with E-state index in [0.717, 1.165) is 12.5 Å². The number of anilines is 1. The number of rotatable bonds is 0. The summed E-state index contributed by atoms with van der Waals surface area (Å²) in [5.74, 6) is 1.03. The largest absolute Gasteiger partial charge is 0.304 e. The van der Waals surface area contributed by atoms with Gasteiger partial charge in [0, 0.05) is 11.1 Å². The Balaban J connectivity index is 2.10. The maximum absolute atomic E-state index is 4.39. The first-order chi connectivity index (χ1) is 8.45. The normalized spacial score (nSPS) is 15.5. The Bertz CT molecular complexity index is 631. The zero-order valence-electron chi connectivity index (χ0n) is 9.22. The molecule has 0 bridgehead atoms. The summed E-state index contributed by atoms with van der Waals surface area (Å²) in [4.78, 5) is 2.22. The number of para-hydroxylation sites is 1. The third-order valence-corrected chi connectivity index (χ3v) is 3.32. The van der Waals surface area contributed by atoms with Gasteiger partial charge in [-0.15, -0.1) is 0 Å². The Kier molecular flexibility index (Phi) is 1.61. The predicted octanol–water partition coefficient (Wildman–Crippen LogP) is 2.40. The van der Waals surface area contributed by atoms with Crippen molar-refractivity contribution in [1.82, 2.24) is 5.43 Å². The summed E-state index contributed by atoms with van der Waals surface area (Å²) in [6, 6.07) is 16.9. The quantitative estimate of drug-likeness (QED) is 0.739. The van der Waals surface area contributed by atoms with Gasteiger partial charge in [0.05, 0.1) is 5.69 Å². The van der Waals surface area contributed by atoms with Gasteiger partial charge in [-0.05, 0) is 11.6 Å². The molecule has 0 radical (unpaired) electrons. The third-order valence-electron chi connectivity index (χ3n) is 3.32. The third kappa shape index (κ3) is 1.08. The molecule has 0 spiro atoms.